The Bertz CT molecular complexity index is 314. The molecule has 0 aliphatic rings. The van der Waals surface area contributed by atoms with Crippen molar-refractivity contribution in [1.29, 1.82) is 0 Å². The topological polar surface area (TPSA) is 74.4 Å². The number of hydrogen-bond donors (Lipinski definition) is 2. The lowest BCUT2D eigenvalue weighted by atomic mass is 10.3. The van der Waals surface area contributed by atoms with E-state index < -0.39 is 0 Å². The number of anilines is 1. The van der Waals surface area contributed by atoms with Crippen molar-refractivity contribution in [2.45, 2.75) is 39.3 Å². The molecule has 1 rings (SSSR count). The van der Waals surface area contributed by atoms with Gasteiger partial charge in [0.1, 0.15) is 0 Å². The number of nitrogens with zero attached hydrogens (tertiary/aromatic N) is 3. The van der Waals surface area contributed by atoms with Crippen LogP contribution in [-0.2, 0) is 6.54 Å². The van der Waals surface area contributed by atoms with E-state index in [1.807, 2.05) is 11.9 Å². The summed E-state index contributed by atoms with van der Waals surface area (Å²) < 4.78 is 5.48. The van der Waals surface area contributed by atoms with Gasteiger partial charge in [0.2, 0.25) is 5.89 Å². The van der Waals surface area contributed by atoms with E-state index in [0.29, 0.717) is 31.4 Å². The molecule has 1 aromatic rings. The molecule has 1 heterocycles. The van der Waals surface area contributed by atoms with E-state index in [0.717, 1.165) is 13.0 Å². The molecule has 6 nitrogen and oxygen atoms in total. The second-order valence-electron chi connectivity index (χ2n) is 4.21. The number of aliphatic hydroxyl groups excluding tert-OH is 1. The highest BCUT2D eigenvalue weighted by atomic mass is 16.4. The molecule has 0 saturated heterocycles. The largest absolute Gasteiger partial charge is 0.407 e. The van der Waals surface area contributed by atoms with Gasteiger partial charge in [-0.2, -0.15) is 0 Å². The Kier molecular flexibility index (Phi) is 5.93. The second kappa shape index (κ2) is 7.24. The van der Waals surface area contributed by atoms with Crippen molar-refractivity contribution in [3.8, 4) is 0 Å². The van der Waals surface area contributed by atoms with E-state index in [1.165, 1.54) is 0 Å². The zero-order chi connectivity index (χ0) is 12.7. The highest BCUT2D eigenvalue weighted by Crippen LogP contribution is 2.10. The van der Waals surface area contributed by atoms with Crippen molar-refractivity contribution >= 4 is 6.01 Å². The van der Waals surface area contributed by atoms with Crippen LogP contribution in [0.4, 0.5) is 6.01 Å². The smallest absolute Gasteiger partial charge is 0.317 e. The minimum Gasteiger partial charge on any atom is -0.407 e. The molecule has 0 radical (unpaired) electrons. The molecule has 6 heteroatoms. The standard InChI is InChI=1S/C11H22N4O2/c1-4-6-12-8-10-13-14-11(17-10)15(3)7-5-9(2)16/h9,12,16H,4-8H2,1-3H3. The van der Waals surface area contributed by atoms with Crippen LogP contribution in [0.25, 0.3) is 0 Å². The summed E-state index contributed by atoms with van der Waals surface area (Å²) in [6.45, 7) is 6.11. The number of nitrogens with one attached hydrogen (secondary N) is 1. The minimum absolute atomic E-state index is 0.314. The van der Waals surface area contributed by atoms with Crippen LogP contribution in [0.1, 0.15) is 32.6 Å². The first-order valence-electron chi connectivity index (χ1n) is 6.05. The molecule has 0 bridgehead atoms. The first kappa shape index (κ1) is 13.9. The van der Waals surface area contributed by atoms with Gasteiger partial charge in [0.15, 0.2) is 0 Å². The van der Waals surface area contributed by atoms with E-state index in [2.05, 4.69) is 22.4 Å². The van der Waals surface area contributed by atoms with Crippen molar-refractivity contribution in [3.05, 3.63) is 5.89 Å². The Morgan fingerprint density at radius 2 is 2.24 bits per heavy atom. The summed E-state index contributed by atoms with van der Waals surface area (Å²) in [6.07, 6.45) is 1.45. The van der Waals surface area contributed by atoms with Crippen LogP contribution in [0.5, 0.6) is 0 Å². The van der Waals surface area contributed by atoms with Gasteiger partial charge in [-0.1, -0.05) is 12.0 Å². The zero-order valence-electron chi connectivity index (χ0n) is 10.8. The molecule has 0 aliphatic heterocycles. The Hall–Kier alpha value is -1.14. The SMILES string of the molecule is CCCNCc1nnc(N(C)CCC(C)O)o1. The fourth-order valence-electron chi connectivity index (χ4n) is 1.32. The van der Waals surface area contributed by atoms with Crippen LogP contribution >= 0.6 is 0 Å². The highest BCUT2D eigenvalue weighted by Gasteiger charge is 2.10. The zero-order valence-corrected chi connectivity index (χ0v) is 10.8. The number of hydrogen-bond acceptors (Lipinski definition) is 6. The predicted molar refractivity (Wildman–Crippen MR) is 65.9 cm³/mol. The van der Waals surface area contributed by atoms with Crippen LogP contribution in [0.15, 0.2) is 4.42 Å². The summed E-state index contributed by atoms with van der Waals surface area (Å²) in [4.78, 5) is 1.85. The molecule has 0 spiro atoms. The molecular formula is C11H22N4O2. The lowest BCUT2D eigenvalue weighted by Gasteiger charge is -2.14. The van der Waals surface area contributed by atoms with Crippen LogP contribution in [0, 0.1) is 0 Å². The Morgan fingerprint density at radius 3 is 2.88 bits per heavy atom. The third-order valence-corrected chi connectivity index (χ3v) is 2.37. The highest BCUT2D eigenvalue weighted by molar-refractivity contribution is 5.21. The summed E-state index contributed by atoms with van der Waals surface area (Å²) in [7, 11) is 1.87. The van der Waals surface area contributed by atoms with Gasteiger partial charge in [0, 0.05) is 13.6 Å². The van der Waals surface area contributed by atoms with E-state index >= 15 is 0 Å². The number of aromatic nitrogens is 2. The van der Waals surface area contributed by atoms with E-state index in [1.54, 1.807) is 6.92 Å². The van der Waals surface area contributed by atoms with Crippen LogP contribution < -0.4 is 10.2 Å². The summed E-state index contributed by atoms with van der Waals surface area (Å²) in [5.74, 6) is 0.595. The summed E-state index contributed by atoms with van der Waals surface area (Å²) in [5.41, 5.74) is 0. The quantitative estimate of drug-likeness (QED) is 0.656. The van der Waals surface area contributed by atoms with E-state index in [4.69, 9.17) is 4.42 Å². The average molecular weight is 242 g/mol. The molecule has 0 fully saturated rings. The Morgan fingerprint density at radius 1 is 1.47 bits per heavy atom. The van der Waals surface area contributed by atoms with Crippen molar-refractivity contribution in [1.82, 2.24) is 15.5 Å². The van der Waals surface area contributed by atoms with Gasteiger partial charge in [-0.15, -0.1) is 5.10 Å². The second-order valence-corrected chi connectivity index (χ2v) is 4.21. The maximum absolute atomic E-state index is 9.19. The van der Waals surface area contributed by atoms with Gasteiger partial charge in [-0.3, -0.25) is 0 Å². The van der Waals surface area contributed by atoms with Crippen molar-refractivity contribution < 1.29 is 9.52 Å². The molecule has 0 aromatic carbocycles. The maximum atomic E-state index is 9.19. The Labute approximate surface area is 102 Å². The fraction of sp³-hybridized carbons (Fsp3) is 0.818. The third kappa shape index (κ3) is 5.14. The predicted octanol–water partition coefficient (Wildman–Crippen LogP) is 0.776. The van der Waals surface area contributed by atoms with Gasteiger partial charge in [0.05, 0.1) is 12.6 Å². The average Bonchev–Trinajstić information content (AvgIpc) is 2.75. The first-order chi connectivity index (χ1) is 8.13. The lowest BCUT2D eigenvalue weighted by Crippen LogP contribution is -2.22. The molecule has 0 amide bonds. The molecule has 17 heavy (non-hydrogen) atoms. The minimum atomic E-state index is -0.314. The summed E-state index contributed by atoms with van der Waals surface area (Å²) >= 11 is 0. The fourth-order valence-corrected chi connectivity index (χ4v) is 1.32. The normalized spacial score (nSPS) is 12.7. The lowest BCUT2D eigenvalue weighted by molar-refractivity contribution is 0.186. The molecule has 2 N–H and O–H groups in total. The Balaban J connectivity index is 2.38. The van der Waals surface area contributed by atoms with Crippen LogP contribution in [-0.4, -0.2) is 41.5 Å². The van der Waals surface area contributed by atoms with Crippen LogP contribution in [0.3, 0.4) is 0 Å². The van der Waals surface area contributed by atoms with Crippen molar-refractivity contribution in [3.63, 3.8) is 0 Å². The molecule has 1 atom stereocenters. The third-order valence-electron chi connectivity index (χ3n) is 2.37. The summed E-state index contributed by atoms with van der Waals surface area (Å²) in [6, 6.07) is 0.499. The summed E-state index contributed by atoms with van der Waals surface area (Å²) in [5, 5.41) is 20.3. The first-order valence-corrected chi connectivity index (χ1v) is 6.05. The van der Waals surface area contributed by atoms with Crippen molar-refractivity contribution in [2.75, 3.05) is 25.0 Å². The van der Waals surface area contributed by atoms with Gasteiger partial charge < -0.3 is 19.7 Å². The molecule has 0 saturated carbocycles. The van der Waals surface area contributed by atoms with Gasteiger partial charge >= 0.3 is 6.01 Å². The molecule has 1 aromatic heterocycles. The maximum Gasteiger partial charge on any atom is 0.317 e. The molecule has 0 aliphatic carbocycles. The van der Waals surface area contributed by atoms with Crippen molar-refractivity contribution in [2.24, 2.45) is 0 Å². The van der Waals surface area contributed by atoms with Gasteiger partial charge in [-0.05, 0) is 26.3 Å². The van der Waals surface area contributed by atoms with E-state index in [9.17, 15) is 5.11 Å². The monoisotopic (exact) mass is 242 g/mol. The molecule has 1 unspecified atom stereocenters. The molecule has 98 valence electrons. The van der Waals surface area contributed by atoms with E-state index in [-0.39, 0.29) is 6.10 Å². The van der Waals surface area contributed by atoms with Gasteiger partial charge in [-0.25, -0.2) is 0 Å². The molecular weight excluding hydrogens is 220 g/mol. The van der Waals surface area contributed by atoms with Gasteiger partial charge in [0.25, 0.3) is 0 Å². The van der Waals surface area contributed by atoms with Crippen LogP contribution in [0.2, 0.25) is 0 Å². The number of rotatable bonds is 8. The number of aliphatic hydroxyl groups is 1.